The van der Waals surface area contributed by atoms with Crippen molar-refractivity contribution in [1.29, 1.82) is 0 Å². The van der Waals surface area contributed by atoms with E-state index in [1.165, 1.54) is 6.39 Å². The van der Waals surface area contributed by atoms with Crippen molar-refractivity contribution >= 4 is 21.8 Å². The molecule has 0 bridgehead atoms. The molecule has 1 aromatic heterocycles. The molecule has 0 saturated carbocycles. The maximum absolute atomic E-state index is 11.3. The highest BCUT2D eigenvalue weighted by molar-refractivity contribution is 9.09. The summed E-state index contributed by atoms with van der Waals surface area (Å²) < 4.78 is 4.57. The number of halogens is 1. The first-order valence-electron chi connectivity index (χ1n) is 4.91. The fourth-order valence-electron chi connectivity index (χ4n) is 1.08. The van der Waals surface area contributed by atoms with E-state index in [1.807, 2.05) is 0 Å². The van der Waals surface area contributed by atoms with Crippen LogP contribution < -0.4 is 5.32 Å². The number of unbranched alkanes of at least 4 members (excludes halogenated alkanes) is 1. The predicted molar refractivity (Wildman–Crippen MR) is 58.7 cm³/mol. The third-order valence-corrected chi connectivity index (χ3v) is 2.43. The molecule has 0 spiro atoms. The Morgan fingerprint density at radius 2 is 2.40 bits per heavy atom. The molecule has 1 heterocycles. The van der Waals surface area contributed by atoms with Crippen molar-refractivity contribution < 1.29 is 9.32 Å². The van der Waals surface area contributed by atoms with Crippen molar-refractivity contribution in [3.8, 4) is 0 Å². The van der Waals surface area contributed by atoms with Crippen molar-refractivity contribution in [3.05, 3.63) is 12.2 Å². The maximum atomic E-state index is 11.3. The minimum atomic E-state index is 0.0828. The van der Waals surface area contributed by atoms with Gasteiger partial charge in [0.05, 0.1) is 0 Å². The molecular formula is C9H14BrN3O2. The number of rotatable bonds is 7. The average Bonchev–Trinajstić information content (AvgIpc) is 2.71. The van der Waals surface area contributed by atoms with Crippen LogP contribution in [0.4, 0.5) is 0 Å². The second kappa shape index (κ2) is 7.39. The van der Waals surface area contributed by atoms with Crippen molar-refractivity contribution in [2.45, 2.75) is 25.7 Å². The van der Waals surface area contributed by atoms with E-state index < -0.39 is 0 Å². The van der Waals surface area contributed by atoms with Gasteiger partial charge in [-0.3, -0.25) is 4.79 Å². The van der Waals surface area contributed by atoms with Gasteiger partial charge in [-0.05, 0) is 12.8 Å². The standard InChI is InChI=1S/C9H14BrN3O2/c10-5-2-1-3-9(14)11-6-4-8-12-7-15-13-8/h7H,1-6H2,(H,11,14). The maximum Gasteiger partial charge on any atom is 0.220 e. The summed E-state index contributed by atoms with van der Waals surface area (Å²) in [7, 11) is 0. The van der Waals surface area contributed by atoms with Gasteiger partial charge < -0.3 is 9.84 Å². The van der Waals surface area contributed by atoms with Crippen LogP contribution in [0.1, 0.15) is 25.1 Å². The van der Waals surface area contributed by atoms with E-state index in [0.29, 0.717) is 25.2 Å². The Balaban J connectivity index is 2.02. The smallest absolute Gasteiger partial charge is 0.220 e. The molecule has 1 N–H and O–H groups in total. The van der Waals surface area contributed by atoms with Crippen molar-refractivity contribution in [2.75, 3.05) is 11.9 Å². The molecule has 0 radical (unpaired) electrons. The summed E-state index contributed by atoms with van der Waals surface area (Å²) in [5.41, 5.74) is 0. The van der Waals surface area contributed by atoms with Gasteiger partial charge in [0.2, 0.25) is 12.3 Å². The number of carbonyl (C=O) groups excluding carboxylic acids is 1. The van der Waals surface area contributed by atoms with Crippen LogP contribution in [0.3, 0.4) is 0 Å². The first kappa shape index (κ1) is 12.2. The second-order valence-electron chi connectivity index (χ2n) is 3.09. The third kappa shape index (κ3) is 5.51. The first-order chi connectivity index (χ1) is 7.33. The zero-order valence-electron chi connectivity index (χ0n) is 8.41. The van der Waals surface area contributed by atoms with Gasteiger partial charge >= 0.3 is 0 Å². The molecule has 6 heteroatoms. The van der Waals surface area contributed by atoms with Crippen LogP contribution >= 0.6 is 15.9 Å². The molecule has 0 aliphatic heterocycles. The highest BCUT2D eigenvalue weighted by Gasteiger charge is 2.02. The lowest BCUT2D eigenvalue weighted by Gasteiger charge is -2.02. The zero-order chi connectivity index (χ0) is 10.9. The highest BCUT2D eigenvalue weighted by atomic mass is 79.9. The summed E-state index contributed by atoms with van der Waals surface area (Å²) in [6, 6.07) is 0. The Morgan fingerprint density at radius 3 is 3.07 bits per heavy atom. The topological polar surface area (TPSA) is 68.0 Å². The molecule has 0 unspecified atom stereocenters. The van der Waals surface area contributed by atoms with Crippen LogP contribution in [-0.4, -0.2) is 27.9 Å². The number of alkyl halides is 1. The van der Waals surface area contributed by atoms with Gasteiger partial charge in [0.1, 0.15) is 0 Å². The SMILES string of the molecule is O=C(CCCCBr)NCCc1ncon1. The average molecular weight is 276 g/mol. The summed E-state index contributed by atoms with van der Waals surface area (Å²) in [6.45, 7) is 0.562. The summed E-state index contributed by atoms with van der Waals surface area (Å²) in [6.07, 6.45) is 4.42. The summed E-state index contributed by atoms with van der Waals surface area (Å²) in [4.78, 5) is 15.1. The minimum Gasteiger partial charge on any atom is -0.356 e. The van der Waals surface area contributed by atoms with E-state index in [-0.39, 0.29) is 5.91 Å². The fourth-order valence-corrected chi connectivity index (χ4v) is 1.48. The second-order valence-corrected chi connectivity index (χ2v) is 3.89. The van der Waals surface area contributed by atoms with Crippen molar-refractivity contribution in [2.24, 2.45) is 0 Å². The quantitative estimate of drug-likeness (QED) is 0.602. The number of amides is 1. The Kier molecular flexibility index (Phi) is 5.99. The number of nitrogens with one attached hydrogen (secondary N) is 1. The zero-order valence-corrected chi connectivity index (χ0v) is 9.99. The molecule has 1 rings (SSSR count). The molecule has 0 fully saturated rings. The van der Waals surface area contributed by atoms with Gasteiger partial charge in [-0.15, -0.1) is 0 Å². The highest BCUT2D eigenvalue weighted by Crippen LogP contribution is 1.98. The van der Waals surface area contributed by atoms with Crippen molar-refractivity contribution in [1.82, 2.24) is 15.5 Å². The first-order valence-corrected chi connectivity index (χ1v) is 6.03. The molecule has 0 aliphatic carbocycles. The lowest BCUT2D eigenvalue weighted by molar-refractivity contribution is -0.121. The van der Waals surface area contributed by atoms with Gasteiger partial charge in [-0.2, -0.15) is 4.98 Å². The lowest BCUT2D eigenvalue weighted by atomic mass is 10.2. The molecule has 1 aromatic rings. The van der Waals surface area contributed by atoms with E-state index in [0.717, 1.165) is 18.2 Å². The number of aromatic nitrogens is 2. The van der Waals surface area contributed by atoms with Gasteiger partial charge in [0.15, 0.2) is 5.82 Å². The van der Waals surface area contributed by atoms with Crippen molar-refractivity contribution in [3.63, 3.8) is 0 Å². The van der Waals surface area contributed by atoms with Crippen LogP contribution in [0.25, 0.3) is 0 Å². The predicted octanol–water partition coefficient (Wildman–Crippen LogP) is 1.29. The molecule has 0 aliphatic rings. The molecular weight excluding hydrogens is 262 g/mol. The Bertz CT molecular complexity index is 277. The summed E-state index contributed by atoms with van der Waals surface area (Å²) in [5.74, 6) is 0.704. The molecule has 0 aromatic carbocycles. The Hall–Kier alpha value is -0.910. The van der Waals surface area contributed by atoms with Crippen LogP contribution in [0, 0.1) is 0 Å². The molecule has 1 amide bonds. The molecule has 84 valence electrons. The van der Waals surface area contributed by atoms with E-state index >= 15 is 0 Å². The third-order valence-electron chi connectivity index (χ3n) is 1.87. The van der Waals surface area contributed by atoms with E-state index in [2.05, 4.69) is 35.9 Å². The van der Waals surface area contributed by atoms with Crippen LogP contribution in [0.5, 0.6) is 0 Å². The largest absolute Gasteiger partial charge is 0.356 e. The molecule has 0 atom stereocenters. The monoisotopic (exact) mass is 275 g/mol. The number of hydrogen-bond donors (Lipinski definition) is 1. The van der Waals surface area contributed by atoms with Gasteiger partial charge in [-0.25, -0.2) is 0 Å². The number of nitrogens with zero attached hydrogens (tertiary/aromatic N) is 2. The molecule has 0 saturated heterocycles. The van der Waals surface area contributed by atoms with Crippen LogP contribution in [-0.2, 0) is 11.2 Å². The normalized spacial score (nSPS) is 10.2. The number of carbonyl (C=O) groups is 1. The van der Waals surface area contributed by atoms with Crippen LogP contribution in [0.15, 0.2) is 10.9 Å². The van der Waals surface area contributed by atoms with E-state index in [4.69, 9.17) is 0 Å². The lowest BCUT2D eigenvalue weighted by Crippen LogP contribution is -2.25. The Labute approximate surface area is 96.7 Å². The summed E-state index contributed by atoms with van der Waals surface area (Å²) in [5, 5.41) is 7.40. The molecule has 15 heavy (non-hydrogen) atoms. The molecule has 5 nitrogen and oxygen atoms in total. The summed E-state index contributed by atoms with van der Waals surface area (Å²) >= 11 is 3.32. The fraction of sp³-hybridized carbons (Fsp3) is 0.667. The number of hydrogen-bond acceptors (Lipinski definition) is 4. The van der Waals surface area contributed by atoms with Gasteiger partial charge in [0, 0.05) is 24.7 Å². The van der Waals surface area contributed by atoms with E-state index in [1.54, 1.807) is 0 Å². The van der Waals surface area contributed by atoms with Crippen LogP contribution in [0.2, 0.25) is 0 Å². The Morgan fingerprint density at radius 1 is 1.53 bits per heavy atom. The van der Waals surface area contributed by atoms with Gasteiger partial charge in [0.25, 0.3) is 0 Å². The van der Waals surface area contributed by atoms with E-state index in [9.17, 15) is 4.79 Å². The van der Waals surface area contributed by atoms with Gasteiger partial charge in [-0.1, -0.05) is 21.1 Å². The minimum absolute atomic E-state index is 0.0828.